The fraction of sp³-hybridized carbons (Fsp3) is 0.850. The summed E-state index contributed by atoms with van der Waals surface area (Å²) in [6.45, 7) is 11.9. The molecule has 0 heterocycles. The van der Waals surface area contributed by atoms with E-state index in [1.807, 2.05) is 27.7 Å². The van der Waals surface area contributed by atoms with Gasteiger partial charge >= 0.3 is 5.97 Å². The van der Waals surface area contributed by atoms with Crippen molar-refractivity contribution in [2.45, 2.75) is 98.3 Å². The first-order valence-electron chi connectivity index (χ1n) is 9.33. The molecule has 0 fully saturated rings. The van der Waals surface area contributed by atoms with E-state index in [1.54, 1.807) is 0 Å². The van der Waals surface area contributed by atoms with Crippen LogP contribution in [0.25, 0.3) is 0 Å². The number of carboxylic acids is 1. The lowest BCUT2D eigenvalue weighted by atomic mass is 9.83. The minimum absolute atomic E-state index is 0.0824. The van der Waals surface area contributed by atoms with E-state index in [4.69, 9.17) is 10.4 Å². The molecule has 0 bridgehead atoms. The predicted molar refractivity (Wildman–Crippen MR) is 98.8 cm³/mol. The first-order valence-corrected chi connectivity index (χ1v) is 9.33. The van der Waals surface area contributed by atoms with Crippen molar-refractivity contribution in [2.24, 2.45) is 10.8 Å². The number of aliphatic carboxylic acids is 1. The van der Waals surface area contributed by atoms with E-state index < -0.39 is 5.97 Å². The molecule has 142 valence electrons. The van der Waals surface area contributed by atoms with Gasteiger partial charge in [-0.25, -0.2) is 5.26 Å². The molecule has 0 atom stereocenters. The molecule has 0 rings (SSSR count). The SMILES string of the molecule is C=C(OO)C(C)(C)CCCCCCCCCCC(C)(C)CC(=O)O. The summed E-state index contributed by atoms with van der Waals surface area (Å²) in [6.07, 6.45) is 11.9. The standard InChI is InChI=1S/C20H38O4/c1-17(24-23)20(4,5)15-13-11-9-7-6-8-10-12-14-19(2,3)16-18(21)22/h23H,1,6-16H2,2-5H3,(H,21,22). The molecule has 0 aliphatic heterocycles. The number of allylic oxidation sites excluding steroid dienone is 1. The lowest BCUT2D eigenvalue weighted by molar-refractivity contribution is -0.217. The Morgan fingerprint density at radius 3 is 1.71 bits per heavy atom. The van der Waals surface area contributed by atoms with Crippen LogP contribution in [0.2, 0.25) is 0 Å². The van der Waals surface area contributed by atoms with Gasteiger partial charge in [-0.3, -0.25) is 4.79 Å². The predicted octanol–water partition coefficient (Wildman–Crippen LogP) is 6.42. The summed E-state index contributed by atoms with van der Waals surface area (Å²) in [6, 6.07) is 0. The second-order valence-electron chi connectivity index (χ2n) is 8.46. The van der Waals surface area contributed by atoms with Gasteiger partial charge < -0.3 is 9.99 Å². The summed E-state index contributed by atoms with van der Waals surface area (Å²) in [7, 11) is 0. The zero-order valence-corrected chi connectivity index (χ0v) is 16.2. The van der Waals surface area contributed by atoms with Crippen LogP contribution in [-0.2, 0) is 9.68 Å². The molecular weight excluding hydrogens is 304 g/mol. The molecule has 0 aliphatic carbocycles. The Kier molecular flexibility index (Phi) is 11.0. The topological polar surface area (TPSA) is 66.8 Å². The Morgan fingerprint density at radius 1 is 0.875 bits per heavy atom. The smallest absolute Gasteiger partial charge is 0.303 e. The van der Waals surface area contributed by atoms with Crippen LogP contribution in [0.3, 0.4) is 0 Å². The van der Waals surface area contributed by atoms with Gasteiger partial charge in [-0.05, 0) is 18.3 Å². The summed E-state index contributed by atoms with van der Waals surface area (Å²) in [5.74, 6) is -0.259. The van der Waals surface area contributed by atoms with Gasteiger partial charge in [0.2, 0.25) is 0 Å². The third-order valence-corrected chi connectivity index (χ3v) is 4.90. The summed E-state index contributed by atoms with van der Waals surface area (Å²) in [4.78, 5) is 15.0. The van der Waals surface area contributed by atoms with Crippen LogP contribution in [0.15, 0.2) is 12.3 Å². The fourth-order valence-corrected chi connectivity index (χ4v) is 2.99. The number of hydrogen-bond acceptors (Lipinski definition) is 3. The van der Waals surface area contributed by atoms with E-state index in [1.165, 1.54) is 38.5 Å². The molecule has 0 aromatic carbocycles. The van der Waals surface area contributed by atoms with Crippen molar-refractivity contribution in [1.29, 1.82) is 0 Å². The fourth-order valence-electron chi connectivity index (χ4n) is 2.99. The zero-order valence-electron chi connectivity index (χ0n) is 16.2. The van der Waals surface area contributed by atoms with Crippen LogP contribution in [0.1, 0.15) is 98.3 Å². The van der Waals surface area contributed by atoms with Crippen LogP contribution in [-0.4, -0.2) is 16.3 Å². The molecule has 0 saturated heterocycles. The average molecular weight is 343 g/mol. The van der Waals surface area contributed by atoms with Crippen LogP contribution in [0.5, 0.6) is 0 Å². The van der Waals surface area contributed by atoms with Gasteiger partial charge in [0.05, 0.1) is 6.42 Å². The van der Waals surface area contributed by atoms with E-state index in [0.29, 0.717) is 5.76 Å². The molecule has 0 aliphatic rings. The van der Waals surface area contributed by atoms with Gasteiger partial charge in [-0.2, -0.15) is 0 Å². The van der Waals surface area contributed by atoms with E-state index >= 15 is 0 Å². The van der Waals surface area contributed by atoms with Crippen LogP contribution >= 0.6 is 0 Å². The Bertz CT molecular complexity index is 372. The summed E-state index contributed by atoms with van der Waals surface area (Å²) in [5.41, 5.74) is -0.252. The third kappa shape index (κ3) is 11.5. The van der Waals surface area contributed by atoms with Crippen molar-refractivity contribution < 1.29 is 20.0 Å². The molecule has 0 spiro atoms. The Labute approximate surface area is 148 Å². The Hall–Kier alpha value is -1.03. The molecule has 0 aromatic rings. The molecule has 4 heteroatoms. The molecule has 0 aromatic heterocycles. The average Bonchev–Trinajstić information content (AvgIpc) is 2.46. The van der Waals surface area contributed by atoms with Gasteiger partial charge in [0.15, 0.2) is 0 Å². The van der Waals surface area contributed by atoms with E-state index in [0.717, 1.165) is 25.7 Å². The minimum Gasteiger partial charge on any atom is -0.481 e. The first kappa shape index (κ1) is 23.0. The van der Waals surface area contributed by atoms with Crippen LogP contribution in [0, 0.1) is 10.8 Å². The minimum atomic E-state index is -0.697. The summed E-state index contributed by atoms with van der Waals surface area (Å²) in [5, 5.41) is 17.5. The highest BCUT2D eigenvalue weighted by atomic mass is 17.1. The monoisotopic (exact) mass is 342 g/mol. The highest BCUT2D eigenvalue weighted by Crippen LogP contribution is 2.31. The molecule has 0 radical (unpaired) electrons. The molecule has 0 amide bonds. The second kappa shape index (κ2) is 11.5. The quantitative estimate of drug-likeness (QED) is 0.156. The normalized spacial score (nSPS) is 12.2. The Balaban J connectivity index is 3.52. The zero-order chi connectivity index (χ0) is 18.6. The molecular formula is C20H38O4. The van der Waals surface area contributed by atoms with E-state index in [-0.39, 0.29) is 17.3 Å². The van der Waals surface area contributed by atoms with Gasteiger partial charge in [-0.1, -0.05) is 85.6 Å². The van der Waals surface area contributed by atoms with Crippen molar-refractivity contribution in [1.82, 2.24) is 0 Å². The van der Waals surface area contributed by atoms with Crippen molar-refractivity contribution in [3.63, 3.8) is 0 Å². The number of unbranched alkanes of at least 4 members (excludes halogenated alkanes) is 7. The maximum Gasteiger partial charge on any atom is 0.303 e. The molecule has 24 heavy (non-hydrogen) atoms. The number of carbonyl (C=O) groups is 1. The van der Waals surface area contributed by atoms with Crippen LogP contribution < -0.4 is 0 Å². The number of rotatable bonds is 15. The lowest BCUT2D eigenvalue weighted by Crippen LogP contribution is -2.16. The summed E-state index contributed by atoms with van der Waals surface area (Å²) < 4.78 is 0. The Morgan fingerprint density at radius 2 is 1.29 bits per heavy atom. The summed E-state index contributed by atoms with van der Waals surface area (Å²) >= 11 is 0. The highest BCUT2D eigenvalue weighted by molar-refractivity contribution is 5.67. The van der Waals surface area contributed by atoms with Gasteiger partial charge in [0.1, 0.15) is 5.76 Å². The van der Waals surface area contributed by atoms with Gasteiger partial charge in [-0.15, -0.1) is 0 Å². The van der Waals surface area contributed by atoms with Crippen molar-refractivity contribution >= 4 is 5.97 Å². The maximum absolute atomic E-state index is 10.8. The van der Waals surface area contributed by atoms with Crippen LogP contribution in [0.4, 0.5) is 0 Å². The van der Waals surface area contributed by atoms with E-state index in [9.17, 15) is 4.79 Å². The number of hydrogen-bond donors (Lipinski definition) is 2. The van der Waals surface area contributed by atoms with Gasteiger partial charge in [0, 0.05) is 5.41 Å². The largest absolute Gasteiger partial charge is 0.481 e. The second-order valence-corrected chi connectivity index (χ2v) is 8.46. The van der Waals surface area contributed by atoms with Crippen molar-refractivity contribution in [3.05, 3.63) is 12.3 Å². The molecule has 0 saturated carbocycles. The number of carboxylic acid groups (broad SMARTS) is 1. The maximum atomic E-state index is 10.8. The molecule has 4 nitrogen and oxygen atoms in total. The van der Waals surface area contributed by atoms with Crippen molar-refractivity contribution in [2.75, 3.05) is 0 Å². The van der Waals surface area contributed by atoms with E-state index in [2.05, 4.69) is 11.5 Å². The first-order chi connectivity index (χ1) is 11.1. The highest BCUT2D eigenvalue weighted by Gasteiger charge is 2.23. The third-order valence-electron chi connectivity index (χ3n) is 4.90. The van der Waals surface area contributed by atoms with Crippen molar-refractivity contribution in [3.8, 4) is 0 Å². The molecule has 2 N–H and O–H groups in total. The lowest BCUT2D eigenvalue weighted by Gasteiger charge is -2.24. The molecule has 0 unspecified atom stereocenters. The van der Waals surface area contributed by atoms with Gasteiger partial charge in [0.25, 0.3) is 0 Å².